The van der Waals surface area contributed by atoms with E-state index in [1.807, 2.05) is 0 Å². The fourth-order valence-electron chi connectivity index (χ4n) is 6.86. The zero-order chi connectivity index (χ0) is 24.5. The van der Waals surface area contributed by atoms with Crippen molar-refractivity contribution in [3.63, 3.8) is 0 Å². The summed E-state index contributed by atoms with van der Waals surface area (Å²) in [6, 6.07) is 4.80. The van der Waals surface area contributed by atoms with Crippen LogP contribution in [0.1, 0.15) is 100 Å². The Morgan fingerprint density at radius 3 is 2.54 bits per heavy atom. The van der Waals surface area contributed by atoms with E-state index < -0.39 is 5.97 Å². The van der Waals surface area contributed by atoms with Crippen LogP contribution in [0.25, 0.3) is 11.0 Å². The van der Waals surface area contributed by atoms with Gasteiger partial charge in [0.15, 0.2) is 0 Å². The fourth-order valence-corrected chi connectivity index (χ4v) is 6.86. The van der Waals surface area contributed by atoms with Crippen molar-refractivity contribution in [2.75, 3.05) is 13.7 Å². The minimum atomic E-state index is -0.667. The molecular weight excluding hydrogens is 442 g/mol. The van der Waals surface area contributed by atoms with Crippen LogP contribution in [0.15, 0.2) is 12.1 Å². The number of carbonyl (C=O) groups is 2. The molecule has 1 aromatic carbocycles. The second kappa shape index (κ2) is 10.2. The molecule has 0 radical (unpaired) electrons. The zero-order valence-corrected chi connectivity index (χ0v) is 21.2. The molecule has 0 unspecified atom stereocenters. The molecule has 2 saturated carbocycles. The highest BCUT2D eigenvalue weighted by atomic mass is 16.5. The van der Waals surface area contributed by atoms with Crippen LogP contribution in [0.4, 0.5) is 4.79 Å². The van der Waals surface area contributed by atoms with Crippen molar-refractivity contribution in [2.24, 2.45) is 11.8 Å². The predicted molar refractivity (Wildman–Crippen MR) is 134 cm³/mol. The zero-order valence-electron chi connectivity index (χ0n) is 21.2. The molecule has 0 saturated heterocycles. The lowest BCUT2D eigenvalue weighted by molar-refractivity contribution is -0.142. The summed E-state index contributed by atoms with van der Waals surface area (Å²) in [5, 5.41) is 9.49. The number of aliphatic carboxylic acids is 1. The summed E-state index contributed by atoms with van der Waals surface area (Å²) in [6.07, 6.45) is 11.5. The smallest absolute Gasteiger partial charge is 0.409 e. The molecule has 3 aliphatic rings. The topological polar surface area (TPSA) is 84.7 Å². The maximum absolute atomic E-state index is 12.3. The first-order chi connectivity index (χ1) is 17.0. The SMILES string of the molecule is COC(=O)N1CCc2ccc3c(nc(C4CCC(C(=O)O)CC4)n3[C@H](C)CC3CCCCC3)c2C1. The van der Waals surface area contributed by atoms with E-state index in [0.29, 0.717) is 32.0 Å². The third-order valence-corrected chi connectivity index (χ3v) is 8.81. The molecule has 2 fully saturated rings. The molecule has 7 nitrogen and oxygen atoms in total. The molecule has 2 heterocycles. The van der Waals surface area contributed by atoms with Gasteiger partial charge in [0.2, 0.25) is 0 Å². The minimum absolute atomic E-state index is 0.231. The number of carboxylic acid groups (broad SMARTS) is 1. The quantitative estimate of drug-likeness (QED) is 0.562. The molecule has 1 N–H and O–H groups in total. The number of carboxylic acids is 1. The Hall–Kier alpha value is -2.57. The Morgan fingerprint density at radius 2 is 1.86 bits per heavy atom. The van der Waals surface area contributed by atoms with Gasteiger partial charge in [-0.15, -0.1) is 0 Å². The molecule has 1 aromatic heterocycles. The van der Waals surface area contributed by atoms with Gasteiger partial charge < -0.3 is 19.3 Å². The summed E-state index contributed by atoms with van der Waals surface area (Å²) in [5.74, 6) is 1.27. The lowest BCUT2D eigenvalue weighted by Gasteiger charge is -2.30. The third kappa shape index (κ3) is 4.78. The molecule has 1 aliphatic heterocycles. The summed E-state index contributed by atoms with van der Waals surface area (Å²) in [6.45, 7) is 3.52. The van der Waals surface area contributed by atoms with Crippen LogP contribution in [0, 0.1) is 11.8 Å². The van der Waals surface area contributed by atoms with Gasteiger partial charge in [-0.2, -0.15) is 0 Å². The standard InChI is InChI=1S/C28H39N3O4/c1-18(16-19-6-4-3-5-7-19)31-24-13-12-20-14-15-30(28(34)35-2)17-23(20)25(24)29-26(31)21-8-10-22(11-9-21)27(32)33/h12-13,18-19,21-22H,3-11,14-17H2,1-2H3,(H,32,33)/t18-,21?,22?/m1/s1. The average Bonchev–Trinajstić information content (AvgIpc) is 3.29. The van der Waals surface area contributed by atoms with E-state index in [9.17, 15) is 14.7 Å². The Labute approximate surface area is 207 Å². The number of benzene rings is 1. The number of aromatic nitrogens is 2. The highest BCUT2D eigenvalue weighted by Gasteiger charge is 2.33. The number of hydrogen-bond donors (Lipinski definition) is 1. The molecule has 1 atom stereocenters. The largest absolute Gasteiger partial charge is 0.481 e. The lowest BCUT2D eigenvalue weighted by Crippen LogP contribution is -2.35. The maximum atomic E-state index is 12.3. The van der Waals surface area contributed by atoms with E-state index in [1.54, 1.807) is 4.90 Å². The van der Waals surface area contributed by atoms with E-state index >= 15 is 0 Å². The van der Waals surface area contributed by atoms with Crippen molar-refractivity contribution in [1.29, 1.82) is 0 Å². The van der Waals surface area contributed by atoms with Gasteiger partial charge in [-0.1, -0.05) is 38.2 Å². The van der Waals surface area contributed by atoms with Crippen LogP contribution in [-0.2, 0) is 22.5 Å². The van der Waals surface area contributed by atoms with Gasteiger partial charge in [-0.3, -0.25) is 4.79 Å². The van der Waals surface area contributed by atoms with Gasteiger partial charge in [0, 0.05) is 24.1 Å². The first-order valence-electron chi connectivity index (χ1n) is 13.5. The van der Waals surface area contributed by atoms with Gasteiger partial charge in [0.1, 0.15) is 5.82 Å². The van der Waals surface area contributed by atoms with Crippen molar-refractivity contribution >= 4 is 23.1 Å². The number of ether oxygens (including phenoxy) is 1. The van der Waals surface area contributed by atoms with E-state index in [4.69, 9.17) is 9.72 Å². The first-order valence-corrected chi connectivity index (χ1v) is 13.5. The molecule has 190 valence electrons. The lowest BCUT2D eigenvalue weighted by atomic mass is 9.81. The fraction of sp³-hybridized carbons (Fsp3) is 0.679. The third-order valence-electron chi connectivity index (χ3n) is 8.81. The van der Waals surface area contributed by atoms with Crippen LogP contribution >= 0.6 is 0 Å². The Balaban J connectivity index is 1.52. The monoisotopic (exact) mass is 481 g/mol. The van der Waals surface area contributed by atoms with E-state index in [1.165, 1.54) is 44.8 Å². The number of carbonyl (C=O) groups excluding carboxylic acids is 1. The Bertz CT molecular complexity index is 1080. The first kappa shape index (κ1) is 24.1. The van der Waals surface area contributed by atoms with Crippen LogP contribution in [0.5, 0.6) is 0 Å². The van der Waals surface area contributed by atoms with Crippen LogP contribution in [0.2, 0.25) is 0 Å². The minimum Gasteiger partial charge on any atom is -0.481 e. The molecule has 5 rings (SSSR count). The highest BCUT2D eigenvalue weighted by Crippen LogP contribution is 2.41. The number of imidazole rings is 1. The van der Waals surface area contributed by atoms with E-state index in [2.05, 4.69) is 23.6 Å². The van der Waals surface area contributed by atoms with Gasteiger partial charge in [0.25, 0.3) is 0 Å². The molecule has 35 heavy (non-hydrogen) atoms. The normalized spacial score (nSPS) is 24.2. The summed E-state index contributed by atoms with van der Waals surface area (Å²) < 4.78 is 7.49. The van der Waals surface area contributed by atoms with Crippen LogP contribution in [0.3, 0.4) is 0 Å². The molecule has 1 amide bonds. The summed E-state index contributed by atoms with van der Waals surface area (Å²) >= 11 is 0. The van der Waals surface area contributed by atoms with Gasteiger partial charge >= 0.3 is 12.1 Å². The second-order valence-corrected chi connectivity index (χ2v) is 11.0. The van der Waals surface area contributed by atoms with Crippen molar-refractivity contribution in [3.05, 3.63) is 29.1 Å². The number of methoxy groups -OCH3 is 1. The summed E-state index contributed by atoms with van der Waals surface area (Å²) in [4.78, 5) is 30.9. The molecule has 2 aromatic rings. The molecule has 0 bridgehead atoms. The van der Waals surface area contributed by atoms with Gasteiger partial charge in [0.05, 0.1) is 30.6 Å². The predicted octanol–water partition coefficient (Wildman–Crippen LogP) is 6.05. The van der Waals surface area contributed by atoms with E-state index in [0.717, 1.165) is 54.0 Å². The van der Waals surface area contributed by atoms with Crippen LogP contribution < -0.4 is 0 Å². The average molecular weight is 482 g/mol. The number of amides is 1. The number of nitrogens with zero attached hydrogens (tertiary/aromatic N) is 3. The number of fused-ring (bicyclic) bond motifs is 3. The van der Waals surface area contributed by atoms with Crippen LogP contribution in [-0.4, -0.2) is 45.3 Å². The maximum Gasteiger partial charge on any atom is 0.409 e. The summed E-state index contributed by atoms with van der Waals surface area (Å²) in [5.41, 5.74) is 4.59. The van der Waals surface area contributed by atoms with E-state index in [-0.39, 0.29) is 17.9 Å². The molecular formula is C28H39N3O4. The number of hydrogen-bond acceptors (Lipinski definition) is 4. The molecule has 7 heteroatoms. The molecule has 0 spiro atoms. The van der Waals surface area contributed by atoms with Crippen molar-refractivity contribution in [3.8, 4) is 0 Å². The Morgan fingerprint density at radius 1 is 1.11 bits per heavy atom. The van der Waals surface area contributed by atoms with Crippen molar-refractivity contribution in [1.82, 2.24) is 14.5 Å². The van der Waals surface area contributed by atoms with Crippen molar-refractivity contribution < 1.29 is 19.4 Å². The Kier molecular flexibility index (Phi) is 7.03. The van der Waals surface area contributed by atoms with Crippen molar-refractivity contribution in [2.45, 2.75) is 96.1 Å². The highest BCUT2D eigenvalue weighted by molar-refractivity contribution is 5.82. The number of rotatable bonds is 5. The van der Waals surface area contributed by atoms with Gasteiger partial charge in [-0.05, 0) is 63.0 Å². The molecule has 2 aliphatic carbocycles. The second-order valence-electron chi connectivity index (χ2n) is 11.0. The summed E-state index contributed by atoms with van der Waals surface area (Å²) in [7, 11) is 1.44. The van der Waals surface area contributed by atoms with Gasteiger partial charge in [-0.25, -0.2) is 9.78 Å².